The first-order chi connectivity index (χ1) is 40.5. The molecule has 1 atom stereocenters. The Bertz CT molecular complexity index is 1280. The molecule has 0 aromatic rings. The highest BCUT2D eigenvalue weighted by atomic mass is 16.6. The molecular formula is C76H146O6. The second-order valence-corrected chi connectivity index (χ2v) is 25.9. The van der Waals surface area contributed by atoms with Crippen LogP contribution < -0.4 is 0 Å². The molecule has 0 heterocycles. The van der Waals surface area contributed by atoms with Gasteiger partial charge in [-0.25, -0.2) is 0 Å². The molecule has 0 aliphatic heterocycles. The van der Waals surface area contributed by atoms with Crippen LogP contribution in [0.1, 0.15) is 438 Å². The predicted molar refractivity (Wildman–Crippen MR) is 358 cm³/mol. The van der Waals surface area contributed by atoms with E-state index >= 15 is 0 Å². The van der Waals surface area contributed by atoms with Gasteiger partial charge in [-0.05, 0) is 44.9 Å². The molecule has 82 heavy (non-hydrogen) atoms. The van der Waals surface area contributed by atoms with Crippen molar-refractivity contribution in [3.05, 3.63) is 12.2 Å². The normalized spacial score (nSPS) is 12.0. The molecule has 0 fully saturated rings. The lowest BCUT2D eigenvalue weighted by atomic mass is 10.0. The summed E-state index contributed by atoms with van der Waals surface area (Å²) < 4.78 is 17.0. The van der Waals surface area contributed by atoms with E-state index in [1.807, 2.05) is 0 Å². The second-order valence-electron chi connectivity index (χ2n) is 25.9. The fourth-order valence-electron chi connectivity index (χ4n) is 11.9. The zero-order chi connectivity index (χ0) is 59.2. The van der Waals surface area contributed by atoms with Crippen molar-refractivity contribution in [3.8, 4) is 0 Å². The molecule has 0 aliphatic carbocycles. The molecular weight excluding hydrogens is 1010 g/mol. The maximum atomic E-state index is 13.0. The minimum atomic E-state index is -0.765. The Kier molecular flexibility index (Phi) is 70.0. The van der Waals surface area contributed by atoms with Crippen molar-refractivity contribution in [1.82, 2.24) is 0 Å². The zero-order valence-electron chi connectivity index (χ0n) is 56.1. The second kappa shape index (κ2) is 71.6. The third kappa shape index (κ3) is 68.9. The third-order valence-electron chi connectivity index (χ3n) is 17.5. The van der Waals surface area contributed by atoms with Gasteiger partial charge in [0, 0.05) is 19.3 Å². The van der Waals surface area contributed by atoms with Gasteiger partial charge in [0.15, 0.2) is 6.10 Å². The lowest BCUT2D eigenvalue weighted by Gasteiger charge is -2.18. The van der Waals surface area contributed by atoms with E-state index in [0.29, 0.717) is 19.3 Å². The number of ether oxygens (including phenoxy) is 3. The van der Waals surface area contributed by atoms with E-state index in [4.69, 9.17) is 14.2 Å². The summed E-state index contributed by atoms with van der Waals surface area (Å²) in [4.78, 5) is 38.5. The Morgan fingerprint density at radius 1 is 0.232 bits per heavy atom. The summed E-state index contributed by atoms with van der Waals surface area (Å²) in [5.41, 5.74) is 0. The summed E-state index contributed by atoms with van der Waals surface area (Å²) in [6.45, 7) is 6.74. The predicted octanol–water partition coefficient (Wildman–Crippen LogP) is 26.0. The highest BCUT2D eigenvalue weighted by molar-refractivity contribution is 5.71. The number of carbonyl (C=O) groups is 3. The van der Waals surface area contributed by atoms with E-state index in [2.05, 4.69) is 32.9 Å². The largest absolute Gasteiger partial charge is 0.462 e. The Morgan fingerprint density at radius 3 is 0.610 bits per heavy atom. The van der Waals surface area contributed by atoms with Crippen molar-refractivity contribution in [2.24, 2.45) is 0 Å². The molecule has 0 bridgehead atoms. The van der Waals surface area contributed by atoms with Crippen LogP contribution in [0.2, 0.25) is 0 Å². The van der Waals surface area contributed by atoms with Crippen LogP contribution in [0.5, 0.6) is 0 Å². The van der Waals surface area contributed by atoms with Gasteiger partial charge < -0.3 is 14.2 Å². The molecule has 0 aromatic heterocycles. The van der Waals surface area contributed by atoms with Crippen molar-refractivity contribution in [1.29, 1.82) is 0 Å². The maximum absolute atomic E-state index is 13.0. The van der Waals surface area contributed by atoms with Gasteiger partial charge >= 0.3 is 17.9 Å². The first-order valence-electron chi connectivity index (χ1n) is 37.7. The molecule has 0 saturated carbocycles. The van der Waals surface area contributed by atoms with Crippen molar-refractivity contribution in [2.75, 3.05) is 13.2 Å². The molecule has 1 unspecified atom stereocenters. The summed E-state index contributed by atoms with van der Waals surface area (Å²) in [7, 11) is 0. The van der Waals surface area contributed by atoms with E-state index in [-0.39, 0.29) is 31.1 Å². The lowest BCUT2D eigenvalue weighted by molar-refractivity contribution is -0.167. The Labute approximate surface area is 513 Å². The number of hydrogen-bond acceptors (Lipinski definition) is 6. The molecule has 0 N–H and O–H groups in total. The molecule has 0 amide bonds. The van der Waals surface area contributed by atoms with Crippen LogP contribution in [-0.2, 0) is 28.6 Å². The van der Waals surface area contributed by atoms with Gasteiger partial charge in [0.2, 0.25) is 0 Å². The first-order valence-corrected chi connectivity index (χ1v) is 37.7. The molecule has 6 heteroatoms. The number of esters is 3. The van der Waals surface area contributed by atoms with Crippen molar-refractivity contribution >= 4 is 17.9 Å². The highest BCUT2D eigenvalue weighted by Gasteiger charge is 2.20. The van der Waals surface area contributed by atoms with Crippen LogP contribution in [0, 0.1) is 0 Å². The fourth-order valence-corrected chi connectivity index (χ4v) is 11.9. The van der Waals surface area contributed by atoms with Gasteiger partial charge in [0.1, 0.15) is 13.2 Å². The molecule has 0 aliphatic rings. The van der Waals surface area contributed by atoms with Gasteiger partial charge in [0.05, 0.1) is 0 Å². The highest BCUT2D eigenvalue weighted by Crippen LogP contribution is 2.20. The Morgan fingerprint density at radius 2 is 0.402 bits per heavy atom. The molecule has 0 rings (SSSR count). The zero-order valence-corrected chi connectivity index (χ0v) is 56.1. The van der Waals surface area contributed by atoms with Gasteiger partial charge in [-0.15, -0.1) is 0 Å². The number of carbonyl (C=O) groups excluding carboxylic acids is 3. The van der Waals surface area contributed by atoms with Crippen LogP contribution in [0.3, 0.4) is 0 Å². The Balaban J connectivity index is 4.18. The minimum Gasteiger partial charge on any atom is -0.462 e. The van der Waals surface area contributed by atoms with E-state index in [1.54, 1.807) is 0 Å². The van der Waals surface area contributed by atoms with E-state index in [1.165, 1.54) is 340 Å². The first kappa shape index (κ1) is 80.2. The summed E-state index contributed by atoms with van der Waals surface area (Å²) in [5, 5.41) is 0. The smallest absolute Gasteiger partial charge is 0.306 e. The molecule has 486 valence electrons. The Hall–Kier alpha value is -1.85. The number of allylic oxidation sites excluding steroid dienone is 2. The monoisotopic (exact) mass is 1160 g/mol. The van der Waals surface area contributed by atoms with E-state index < -0.39 is 6.10 Å². The van der Waals surface area contributed by atoms with Crippen molar-refractivity contribution in [2.45, 2.75) is 444 Å². The number of unbranched alkanes of at least 4 members (excludes halogenated alkanes) is 58. The van der Waals surface area contributed by atoms with E-state index in [0.717, 1.165) is 57.8 Å². The number of hydrogen-bond donors (Lipinski definition) is 0. The molecule has 6 nitrogen and oxygen atoms in total. The summed E-state index contributed by atoms with van der Waals surface area (Å²) in [6.07, 6.45) is 86.9. The summed E-state index contributed by atoms with van der Waals surface area (Å²) >= 11 is 0. The molecule has 0 aromatic carbocycles. The molecule has 0 saturated heterocycles. The van der Waals surface area contributed by atoms with E-state index in [9.17, 15) is 14.4 Å². The van der Waals surface area contributed by atoms with Crippen molar-refractivity contribution < 1.29 is 28.6 Å². The molecule has 0 spiro atoms. The van der Waals surface area contributed by atoms with Gasteiger partial charge in [-0.3, -0.25) is 14.4 Å². The molecule has 0 radical (unpaired) electrons. The quantitative estimate of drug-likeness (QED) is 0.0261. The standard InChI is InChI=1S/C76H146O6/c1-4-7-10-13-16-19-22-25-28-30-32-34-35-36-37-38-39-40-41-42-44-45-48-51-54-57-60-63-66-69-75(78)81-72-73(71-80-74(77)68-65-62-59-56-53-50-47-27-24-21-18-15-12-9-6-3)82-76(79)70-67-64-61-58-55-52-49-46-43-33-31-29-26-23-20-17-14-11-8-5-2/h30,32,73H,4-29,31,33-72H2,1-3H3/b32-30-. The average molecular weight is 1160 g/mol. The van der Waals surface area contributed by atoms with Gasteiger partial charge in [0.25, 0.3) is 0 Å². The lowest BCUT2D eigenvalue weighted by Crippen LogP contribution is -2.30. The van der Waals surface area contributed by atoms with Crippen LogP contribution in [0.15, 0.2) is 12.2 Å². The SMILES string of the molecule is CCCCCCCCCC/C=C\CCCCCCCCCCCCCCCCCCCC(=O)OCC(COC(=O)CCCCCCCCCCCCCCCCC)OC(=O)CCCCCCCCCCCCCCCCCCCCCC. The summed E-state index contributed by atoms with van der Waals surface area (Å²) in [5.74, 6) is -0.820. The fraction of sp³-hybridized carbons (Fsp3) is 0.934. The minimum absolute atomic E-state index is 0.0616. The topological polar surface area (TPSA) is 78.9 Å². The van der Waals surface area contributed by atoms with Crippen LogP contribution in [0.4, 0.5) is 0 Å². The average Bonchev–Trinajstić information content (AvgIpc) is 3.47. The van der Waals surface area contributed by atoms with Crippen LogP contribution in [0.25, 0.3) is 0 Å². The maximum Gasteiger partial charge on any atom is 0.306 e. The van der Waals surface area contributed by atoms with Gasteiger partial charge in [-0.2, -0.15) is 0 Å². The van der Waals surface area contributed by atoms with Crippen LogP contribution >= 0.6 is 0 Å². The van der Waals surface area contributed by atoms with Gasteiger partial charge in [-0.1, -0.05) is 386 Å². The van der Waals surface area contributed by atoms with Crippen molar-refractivity contribution in [3.63, 3.8) is 0 Å². The third-order valence-corrected chi connectivity index (χ3v) is 17.5. The number of rotatable bonds is 71. The summed E-state index contributed by atoms with van der Waals surface area (Å²) in [6, 6.07) is 0. The van der Waals surface area contributed by atoms with Crippen LogP contribution in [-0.4, -0.2) is 37.2 Å².